The lowest BCUT2D eigenvalue weighted by molar-refractivity contribution is 0.526. The van der Waals surface area contributed by atoms with Crippen molar-refractivity contribution in [3.8, 4) is 0 Å². The number of rotatable bonds is 3. The van der Waals surface area contributed by atoms with Gasteiger partial charge in [-0.2, -0.15) is 9.61 Å². The summed E-state index contributed by atoms with van der Waals surface area (Å²) in [5.41, 5.74) is 0.940. The average molecular weight is 322 g/mol. The Hall–Kier alpha value is -1.66. The molecule has 0 aliphatic carbocycles. The minimum Gasteiger partial charge on any atom is -0.378 e. The monoisotopic (exact) mass is 321 g/mol. The molecule has 2 aromatic heterocycles. The van der Waals surface area contributed by atoms with Gasteiger partial charge < -0.3 is 5.32 Å². The van der Waals surface area contributed by atoms with Gasteiger partial charge in [-0.15, -0.1) is 10.2 Å². The summed E-state index contributed by atoms with van der Waals surface area (Å²) in [4.78, 5) is 0.827. The van der Waals surface area contributed by atoms with Crippen LogP contribution in [0.4, 0.5) is 5.69 Å². The maximum Gasteiger partial charge on any atom is 0.234 e. The molecule has 0 saturated carbocycles. The third-order valence-electron chi connectivity index (χ3n) is 2.99. The van der Waals surface area contributed by atoms with Gasteiger partial charge in [0, 0.05) is 16.1 Å². The topological polar surface area (TPSA) is 55.1 Å². The van der Waals surface area contributed by atoms with Crippen molar-refractivity contribution >= 4 is 33.6 Å². The van der Waals surface area contributed by atoms with E-state index in [-0.39, 0.29) is 5.41 Å². The Morgan fingerprint density at radius 1 is 1.19 bits per heavy atom. The number of nitrogens with one attached hydrogen (secondary N) is 1. The van der Waals surface area contributed by atoms with E-state index < -0.39 is 0 Å². The van der Waals surface area contributed by atoms with Crippen molar-refractivity contribution in [1.82, 2.24) is 19.8 Å². The molecule has 0 spiro atoms. The largest absolute Gasteiger partial charge is 0.378 e. The Kier molecular flexibility index (Phi) is 3.59. The fraction of sp³-hybridized carbons (Fsp3) is 0.357. The third-order valence-corrected chi connectivity index (χ3v) is 4.14. The van der Waals surface area contributed by atoms with Crippen molar-refractivity contribution in [2.75, 3.05) is 5.32 Å². The van der Waals surface area contributed by atoms with Crippen LogP contribution in [-0.4, -0.2) is 19.8 Å². The quantitative estimate of drug-likeness (QED) is 0.798. The molecule has 0 aliphatic heterocycles. The van der Waals surface area contributed by atoms with Crippen LogP contribution in [-0.2, 0) is 12.0 Å². The molecule has 1 N–H and O–H groups in total. The molecule has 3 aromatic rings. The number of halogens is 1. The highest BCUT2D eigenvalue weighted by molar-refractivity contribution is 7.16. The number of hydrogen-bond acceptors (Lipinski definition) is 5. The standard InChI is InChI=1S/C14H16ClN5S/c1-14(2,3)12-17-18-13-20(12)19-11(21-13)8-16-10-6-4-9(15)5-7-10/h4-7,16H,8H2,1-3H3. The molecule has 0 bridgehead atoms. The summed E-state index contributed by atoms with van der Waals surface area (Å²) in [5, 5.41) is 18.0. The summed E-state index contributed by atoms with van der Waals surface area (Å²) in [6, 6.07) is 7.62. The zero-order valence-corrected chi connectivity index (χ0v) is 13.7. The van der Waals surface area contributed by atoms with E-state index in [0.29, 0.717) is 6.54 Å². The van der Waals surface area contributed by atoms with E-state index in [0.717, 1.165) is 26.5 Å². The first kappa shape index (κ1) is 14.3. The number of anilines is 1. The first-order valence-corrected chi connectivity index (χ1v) is 7.84. The van der Waals surface area contributed by atoms with E-state index in [1.165, 1.54) is 0 Å². The molecule has 0 atom stereocenters. The van der Waals surface area contributed by atoms with Crippen LogP contribution in [0, 0.1) is 0 Å². The fourth-order valence-electron chi connectivity index (χ4n) is 1.94. The molecule has 3 rings (SSSR count). The third kappa shape index (κ3) is 3.01. The van der Waals surface area contributed by atoms with Crippen molar-refractivity contribution in [2.45, 2.75) is 32.7 Å². The number of nitrogens with zero attached hydrogens (tertiary/aromatic N) is 4. The van der Waals surface area contributed by atoms with Crippen LogP contribution in [0.15, 0.2) is 24.3 Å². The molecule has 0 saturated heterocycles. The van der Waals surface area contributed by atoms with Crippen LogP contribution in [0.1, 0.15) is 31.6 Å². The zero-order chi connectivity index (χ0) is 15.0. The van der Waals surface area contributed by atoms with Gasteiger partial charge in [-0.05, 0) is 24.3 Å². The van der Waals surface area contributed by atoms with E-state index in [2.05, 4.69) is 41.4 Å². The molecular formula is C14H16ClN5S. The molecule has 2 heterocycles. The number of hydrogen-bond donors (Lipinski definition) is 1. The Morgan fingerprint density at radius 2 is 1.90 bits per heavy atom. The highest BCUT2D eigenvalue weighted by Crippen LogP contribution is 2.23. The van der Waals surface area contributed by atoms with Gasteiger partial charge in [0.15, 0.2) is 5.82 Å². The van der Waals surface area contributed by atoms with E-state index in [9.17, 15) is 0 Å². The van der Waals surface area contributed by atoms with Gasteiger partial charge in [-0.25, -0.2) is 0 Å². The predicted molar refractivity (Wildman–Crippen MR) is 86.1 cm³/mol. The van der Waals surface area contributed by atoms with Crippen molar-refractivity contribution in [1.29, 1.82) is 0 Å². The van der Waals surface area contributed by atoms with Crippen LogP contribution < -0.4 is 5.32 Å². The Morgan fingerprint density at radius 3 is 2.57 bits per heavy atom. The molecule has 110 valence electrons. The van der Waals surface area contributed by atoms with Crippen LogP contribution in [0.5, 0.6) is 0 Å². The van der Waals surface area contributed by atoms with Crippen molar-refractivity contribution in [3.63, 3.8) is 0 Å². The van der Waals surface area contributed by atoms with Gasteiger partial charge >= 0.3 is 0 Å². The number of aromatic nitrogens is 4. The summed E-state index contributed by atoms with van der Waals surface area (Å²) in [5.74, 6) is 0.881. The fourth-order valence-corrected chi connectivity index (χ4v) is 2.84. The lowest BCUT2D eigenvalue weighted by atomic mass is 9.96. The van der Waals surface area contributed by atoms with Crippen molar-refractivity contribution < 1.29 is 0 Å². The summed E-state index contributed by atoms with van der Waals surface area (Å²) >= 11 is 7.42. The van der Waals surface area contributed by atoms with Gasteiger partial charge in [-0.1, -0.05) is 43.7 Å². The van der Waals surface area contributed by atoms with Crippen LogP contribution in [0.3, 0.4) is 0 Å². The molecule has 7 heteroatoms. The zero-order valence-electron chi connectivity index (χ0n) is 12.1. The smallest absolute Gasteiger partial charge is 0.234 e. The summed E-state index contributed by atoms with van der Waals surface area (Å²) < 4.78 is 1.84. The van der Waals surface area contributed by atoms with Crippen LogP contribution >= 0.6 is 22.9 Å². The van der Waals surface area contributed by atoms with Crippen molar-refractivity contribution in [3.05, 3.63) is 40.1 Å². The lowest BCUT2D eigenvalue weighted by Gasteiger charge is -2.13. The highest BCUT2D eigenvalue weighted by Gasteiger charge is 2.23. The van der Waals surface area contributed by atoms with Gasteiger partial charge in [0.2, 0.25) is 4.96 Å². The van der Waals surface area contributed by atoms with Gasteiger partial charge in [0.1, 0.15) is 5.01 Å². The molecule has 0 radical (unpaired) electrons. The molecular weight excluding hydrogens is 306 g/mol. The molecule has 1 aromatic carbocycles. The van der Waals surface area contributed by atoms with E-state index in [1.807, 2.05) is 28.8 Å². The SMILES string of the molecule is CC(C)(C)c1nnc2sc(CNc3ccc(Cl)cc3)nn12. The van der Waals surface area contributed by atoms with Gasteiger partial charge in [0.05, 0.1) is 6.54 Å². The first-order chi connectivity index (χ1) is 9.93. The number of fused-ring (bicyclic) bond motifs is 1. The molecule has 5 nitrogen and oxygen atoms in total. The van der Waals surface area contributed by atoms with Crippen LogP contribution in [0.25, 0.3) is 4.96 Å². The second-order valence-electron chi connectivity index (χ2n) is 5.82. The Bertz CT molecular complexity index is 754. The first-order valence-electron chi connectivity index (χ1n) is 6.64. The van der Waals surface area contributed by atoms with Crippen molar-refractivity contribution in [2.24, 2.45) is 0 Å². The second-order valence-corrected chi connectivity index (χ2v) is 7.30. The molecule has 0 aliphatic rings. The molecule has 0 amide bonds. The minimum atomic E-state index is -0.0750. The summed E-state index contributed by atoms with van der Waals surface area (Å²) in [7, 11) is 0. The molecule has 0 fully saturated rings. The Labute approximate surface area is 132 Å². The normalized spacial score (nSPS) is 12.0. The lowest BCUT2D eigenvalue weighted by Crippen LogP contribution is -2.16. The maximum atomic E-state index is 5.87. The number of benzene rings is 1. The van der Waals surface area contributed by atoms with Gasteiger partial charge in [0.25, 0.3) is 0 Å². The predicted octanol–water partition coefficient (Wildman–Crippen LogP) is 3.75. The Balaban J connectivity index is 1.79. The molecule has 0 unspecified atom stereocenters. The minimum absolute atomic E-state index is 0.0750. The molecule has 21 heavy (non-hydrogen) atoms. The van der Waals surface area contributed by atoms with E-state index in [4.69, 9.17) is 11.6 Å². The van der Waals surface area contributed by atoms with Crippen LogP contribution in [0.2, 0.25) is 5.02 Å². The average Bonchev–Trinajstić information content (AvgIpc) is 2.96. The van der Waals surface area contributed by atoms with E-state index >= 15 is 0 Å². The van der Waals surface area contributed by atoms with E-state index in [1.54, 1.807) is 11.3 Å². The summed E-state index contributed by atoms with van der Waals surface area (Å²) in [6.45, 7) is 6.97. The second kappa shape index (κ2) is 5.27. The summed E-state index contributed by atoms with van der Waals surface area (Å²) in [6.07, 6.45) is 0. The highest BCUT2D eigenvalue weighted by atomic mass is 35.5. The maximum absolute atomic E-state index is 5.87. The van der Waals surface area contributed by atoms with Gasteiger partial charge in [-0.3, -0.25) is 0 Å².